The number of allylic oxidation sites excluding steroid dienone is 1. The Balaban J connectivity index is 1.93. The van der Waals surface area contributed by atoms with Crippen molar-refractivity contribution in [2.45, 2.75) is 52.4 Å². The van der Waals surface area contributed by atoms with Crippen molar-refractivity contribution in [3.8, 4) is 0 Å². The van der Waals surface area contributed by atoms with Gasteiger partial charge in [0, 0.05) is 11.0 Å². The van der Waals surface area contributed by atoms with Gasteiger partial charge in [-0.3, -0.25) is 0 Å². The number of aliphatic hydroxyl groups excluding tert-OH is 1. The molecule has 0 aliphatic heterocycles. The maximum atomic E-state index is 12.4. The molecule has 1 fully saturated rings. The topological polar surface area (TPSA) is 59.7 Å². The number of carbonyl (C=O) groups is 1. The number of hydrogen-bond donors (Lipinski definition) is 1. The van der Waals surface area contributed by atoms with Crippen LogP contribution in [0, 0.1) is 22.7 Å². The molecule has 1 aromatic heterocycles. The van der Waals surface area contributed by atoms with E-state index in [0.29, 0.717) is 17.4 Å². The molecule has 0 aromatic carbocycles. The van der Waals surface area contributed by atoms with Crippen molar-refractivity contribution in [2.75, 3.05) is 13.7 Å². The van der Waals surface area contributed by atoms with Crippen molar-refractivity contribution >= 4 is 5.97 Å². The van der Waals surface area contributed by atoms with E-state index >= 15 is 0 Å². The molecule has 1 heterocycles. The minimum atomic E-state index is -0.455. The number of aliphatic hydroxyl groups is 1. The highest BCUT2D eigenvalue weighted by atomic mass is 16.5. The quantitative estimate of drug-likeness (QED) is 0.814. The lowest BCUT2D eigenvalue weighted by atomic mass is 9.46. The summed E-state index contributed by atoms with van der Waals surface area (Å²) in [6.07, 6.45) is 11.3. The molecule has 0 amide bonds. The third kappa shape index (κ3) is 2.95. The number of carbonyl (C=O) groups excluding carboxylic acids is 1. The van der Waals surface area contributed by atoms with Gasteiger partial charge in [-0.25, -0.2) is 4.79 Å². The Morgan fingerprint density at radius 2 is 2.24 bits per heavy atom. The zero-order valence-corrected chi connectivity index (χ0v) is 15.6. The summed E-state index contributed by atoms with van der Waals surface area (Å²) in [7, 11) is 1.43. The van der Waals surface area contributed by atoms with Crippen molar-refractivity contribution in [1.82, 2.24) is 0 Å². The fourth-order valence-electron chi connectivity index (χ4n) is 5.42. The Kier molecular flexibility index (Phi) is 5.10. The van der Waals surface area contributed by atoms with Gasteiger partial charge in [-0.2, -0.15) is 0 Å². The van der Waals surface area contributed by atoms with Gasteiger partial charge in [-0.05, 0) is 67.4 Å². The van der Waals surface area contributed by atoms with E-state index in [1.807, 2.05) is 18.4 Å². The Hall–Kier alpha value is -1.55. The van der Waals surface area contributed by atoms with E-state index in [-0.39, 0.29) is 18.0 Å². The van der Waals surface area contributed by atoms with Gasteiger partial charge >= 0.3 is 5.97 Å². The summed E-state index contributed by atoms with van der Waals surface area (Å²) in [5.41, 5.74) is 1.54. The van der Waals surface area contributed by atoms with Gasteiger partial charge in [-0.1, -0.05) is 19.9 Å². The van der Waals surface area contributed by atoms with Gasteiger partial charge in [0.15, 0.2) is 0 Å². The van der Waals surface area contributed by atoms with Crippen LogP contribution in [-0.2, 0) is 16.0 Å². The number of ether oxygens (including phenoxy) is 1. The molecule has 3 rings (SSSR count). The lowest BCUT2D eigenvalue weighted by Crippen LogP contribution is -2.54. The molecular formula is C21H30O4. The molecule has 0 radical (unpaired) electrons. The van der Waals surface area contributed by atoms with Crippen LogP contribution >= 0.6 is 0 Å². The van der Waals surface area contributed by atoms with Crippen LogP contribution < -0.4 is 0 Å². The normalized spacial score (nSPS) is 35.0. The zero-order valence-electron chi connectivity index (χ0n) is 15.6. The molecule has 4 atom stereocenters. The van der Waals surface area contributed by atoms with Gasteiger partial charge < -0.3 is 14.3 Å². The highest BCUT2D eigenvalue weighted by Gasteiger charge is 2.57. The molecule has 4 heteroatoms. The van der Waals surface area contributed by atoms with E-state index in [9.17, 15) is 9.90 Å². The summed E-state index contributed by atoms with van der Waals surface area (Å²) in [6, 6.07) is 2.02. The van der Waals surface area contributed by atoms with Crippen LogP contribution in [0.2, 0.25) is 0 Å². The minimum absolute atomic E-state index is 0.0205. The number of aryl methyl sites for hydroxylation is 1. The molecule has 0 bridgehead atoms. The third-order valence-electron chi connectivity index (χ3n) is 7.17. The molecule has 4 nitrogen and oxygen atoms in total. The molecule has 2 aliphatic rings. The summed E-state index contributed by atoms with van der Waals surface area (Å²) in [5, 5.41) is 10.4. The zero-order chi connectivity index (χ0) is 18.1. The predicted octanol–water partition coefficient (Wildman–Crippen LogP) is 4.14. The smallest absolute Gasteiger partial charge is 0.334 e. The first kappa shape index (κ1) is 18.2. The number of rotatable bonds is 5. The molecule has 1 aromatic rings. The molecule has 138 valence electrons. The largest absolute Gasteiger partial charge is 0.472 e. The molecule has 0 saturated heterocycles. The third-order valence-corrected chi connectivity index (χ3v) is 7.17. The van der Waals surface area contributed by atoms with Crippen molar-refractivity contribution in [3.05, 3.63) is 35.8 Å². The molecule has 1 saturated carbocycles. The molecular weight excluding hydrogens is 316 g/mol. The number of fused-ring (bicyclic) bond motifs is 1. The lowest BCUT2D eigenvalue weighted by molar-refractivity contribution is -0.143. The average molecular weight is 346 g/mol. The Morgan fingerprint density at radius 1 is 1.44 bits per heavy atom. The van der Waals surface area contributed by atoms with E-state index in [1.165, 1.54) is 12.7 Å². The summed E-state index contributed by atoms with van der Waals surface area (Å²) in [6.45, 7) is 4.70. The van der Waals surface area contributed by atoms with Gasteiger partial charge in [0.25, 0.3) is 0 Å². The van der Waals surface area contributed by atoms with Crippen LogP contribution in [0.5, 0.6) is 0 Å². The maximum absolute atomic E-state index is 12.4. The summed E-state index contributed by atoms with van der Waals surface area (Å²) in [4.78, 5) is 12.4. The van der Waals surface area contributed by atoms with Crippen molar-refractivity contribution in [2.24, 2.45) is 22.7 Å². The molecule has 1 N–H and O–H groups in total. The SMILES string of the molecule is COC(=O)C1=CCCC2C1(CO)CCC(C)C2(C)CCc1ccoc1. The first-order chi connectivity index (χ1) is 12.0. The summed E-state index contributed by atoms with van der Waals surface area (Å²) in [5.74, 6) is 0.575. The van der Waals surface area contributed by atoms with Crippen molar-refractivity contribution in [3.63, 3.8) is 0 Å². The average Bonchev–Trinajstić information content (AvgIpc) is 3.16. The standard InChI is InChI=1S/C21H30O4/c1-15-7-11-21(14-22)17(19(23)24-3)5-4-6-18(21)20(15,2)10-8-16-9-12-25-13-16/h5,9,12-13,15,18,22H,4,6-8,10-11,14H2,1-3H3. The van der Waals surface area contributed by atoms with Crippen LogP contribution in [0.4, 0.5) is 0 Å². The van der Waals surface area contributed by atoms with E-state index in [4.69, 9.17) is 9.15 Å². The molecule has 4 unspecified atom stereocenters. The number of methoxy groups -OCH3 is 1. The minimum Gasteiger partial charge on any atom is -0.472 e. The van der Waals surface area contributed by atoms with Gasteiger partial charge in [-0.15, -0.1) is 0 Å². The van der Waals surface area contributed by atoms with E-state index in [2.05, 4.69) is 13.8 Å². The monoisotopic (exact) mass is 346 g/mol. The van der Waals surface area contributed by atoms with Crippen LogP contribution in [0.25, 0.3) is 0 Å². The Morgan fingerprint density at radius 3 is 2.88 bits per heavy atom. The lowest BCUT2D eigenvalue weighted by Gasteiger charge is -2.58. The van der Waals surface area contributed by atoms with Crippen LogP contribution in [-0.4, -0.2) is 24.8 Å². The molecule has 0 spiro atoms. The highest BCUT2D eigenvalue weighted by Crippen LogP contribution is 2.61. The molecule has 2 aliphatic carbocycles. The summed E-state index contributed by atoms with van der Waals surface area (Å²) >= 11 is 0. The van der Waals surface area contributed by atoms with E-state index in [1.54, 1.807) is 6.26 Å². The van der Waals surface area contributed by atoms with Gasteiger partial charge in [0.2, 0.25) is 0 Å². The Bertz CT molecular complexity index is 632. The number of esters is 1. The van der Waals surface area contributed by atoms with Gasteiger partial charge in [0.05, 0.1) is 26.2 Å². The van der Waals surface area contributed by atoms with Crippen molar-refractivity contribution < 1.29 is 19.1 Å². The number of hydrogen-bond acceptors (Lipinski definition) is 4. The van der Waals surface area contributed by atoms with Crippen LogP contribution in [0.15, 0.2) is 34.7 Å². The predicted molar refractivity (Wildman–Crippen MR) is 95.9 cm³/mol. The first-order valence-corrected chi connectivity index (χ1v) is 9.39. The van der Waals surface area contributed by atoms with E-state index in [0.717, 1.165) is 38.5 Å². The number of furan rings is 1. The summed E-state index contributed by atoms with van der Waals surface area (Å²) < 4.78 is 10.3. The fourth-order valence-corrected chi connectivity index (χ4v) is 5.42. The van der Waals surface area contributed by atoms with Gasteiger partial charge in [0.1, 0.15) is 0 Å². The molecule has 25 heavy (non-hydrogen) atoms. The second-order valence-corrected chi connectivity index (χ2v) is 8.13. The second kappa shape index (κ2) is 6.99. The van der Waals surface area contributed by atoms with Crippen molar-refractivity contribution in [1.29, 1.82) is 0 Å². The second-order valence-electron chi connectivity index (χ2n) is 8.13. The maximum Gasteiger partial charge on any atom is 0.334 e. The first-order valence-electron chi connectivity index (χ1n) is 9.39. The highest BCUT2D eigenvalue weighted by molar-refractivity contribution is 5.90. The Labute approximate surface area is 150 Å². The fraction of sp³-hybridized carbons (Fsp3) is 0.667. The van der Waals surface area contributed by atoms with Crippen LogP contribution in [0.1, 0.15) is 51.5 Å². The van der Waals surface area contributed by atoms with E-state index < -0.39 is 5.41 Å². The van der Waals surface area contributed by atoms with Crippen LogP contribution in [0.3, 0.4) is 0 Å².